The van der Waals surface area contributed by atoms with Gasteiger partial charge in [0.15, 0.2) is 5.78 Å². The first kappa shape index (κ1) is 14.2. The third-order valence-corrected chi connectivity index (χ3v) is 3.54. The van der Waals surface area contributed by atoms with E-state index in [4.69, 9.17) is 39.5 Å². The van der Waals surface area contributed by atoms with E-state index in [1.165, 1.54) is 19.2 Å². The van der Waals surface area contributed by atoms with Gasteiger partial charge in [0.05, 0.1) is 22.2 Å². The largest absolute Gasteiger partial charge is 0.495 e. The standard InChI is InChI=1S/C14H9Cl3O2/c1-19-13-7-11(16)9(6-12(13)17)14(18)8-4-2-3-5-10(8)15/h2-7H,1H3. The number of benzene rings is 2. The highest BCUT2D eigenvalue weighted by Crippen LogP contribution is 2.32. The average molecular weight is 316 g/mol. The second-order valence-corrected chi connectivity index (χ2v) is 5.00. The lowest BCUT2D eigenvalue weighted by Crippen LogP contribution is -2.03. The molecule has 0 heterocycles. The Kier molecular flexibility index (Phi) is 4.35. The number of ketones is 1. The summed E-state index contributed by atoms with van der Waals surface area (Å²) in [5, 5.41) is 0.962. The van der Waals surface area contributed by atoms with Crippen LogP contribution in [0, 0.1) is 0 Å². The SMILES string of the molecule is COc1cc(Cl)c(C(=O)c2ccccc2Cl)cc1Cl. The lowest BCUT2D eigenvalue weighted by Gasteiger charge is -2.09. The van der Waals surface area contributed by atoms with Crippen LogP contribution in [0.2, 0.25) is 15.1 Å². The van der Waals surface area contributed by atoms with Gasteiger partial charge in [0.25, 0.3) is 0 Å². The Morgan fingerprint density at radius 1 is 0.947 bits per heavy atom. The minimum Gasteiger partial charge on any atom is -0.495 e. The third-order valence-electron chi connectivity index (χ3n) is 2.60. The van der Waals surface area contributed by atoms with Gasteiger partial charge in [-0.15, -0.1) is 0 Å². The molecule has 0 aliphatic carbocycles. The van der Waals surface area contributed by atoms with Crippen LogP contribution >= 0.6 is 34.8 Å². The van der Waals surface area contributed by atoms with Crippen LogP contribution in [-0.4, -0.2) is 12.9 Å². The maximum absolute atomic E-state index is 12.4. The predicted molar refractivity (Wildman–Crippen MR) is 77.9 cm³/mol. The fourth-order valence-corrected chi connectivity index (χ4v) is 2.35. The summed E-state index contributed by atoms with van der Waals surface area (Å²) >= 11 is 18.1. The Hall–Kier alpha value is -1.22. The Morgan fingerprint density at radius 2 is 1.63 bits per heavy atom. The maximum Gasteiger partial charge on any atom is 0.196 e. The molecule has 0 aromatic heterocycles. The molecule has 0 saturated heterocycles. The Bertz CT molecular complexity index is 639. The van der Waals surface area contributed by atoms with Gasteiger partial charge in [-0.1, -0.05) is 46.9 Å². The van der Waals surface area contributed by atoms with Crippen molar-refractivity contribution in [1.29, 1.82) is 0 Å². The normalized spacial score (nSPS) is 10.3. The van der Waals surface area contributed by atoms with Crippen LogP contribution < -0.4 is 4.74 Å². The van der Waals surface area contributed by atoms with Gasteiger partial charge in [0.1, 0.15) is 5.75 Å². The van der Waals surface area contributed by atoms with Crippen molar-refractivity contribution in [2.24, 2.45) is 0 Å². The molecule has 2 nitrogen and oxygen atoms in total. The molecule has 0 amide bonds. The molecular weight excluding hydrogens is 307 g/mol. The third kappa shape index (κ3) is 2.86. The monoisotopic (exact) mass is 314 g/mol. The van der Waals surface area contributed by atoms with Crippen molar-refractivity contribution in [3.8, 4) is 5.75 Å². The number of hydrogen-bond donors (Lipinski definition) is 0. The summed E-state index contributed by atoms with van der Waals surface area (Å²) in [6, 6.07) is 9.76. The first-order valence-corrected chi connectivity index (χ1v) is 6.50. The van der Waals surface area contributed by atoms with Gasteiger partial charge < -0.3 is 4.74 Å². The van der Waals surface area contributed by atoms with Crippen LogP contribution in [0.4, 0.5) is 0 Å². The second-order valence-electron chi connectivity index (χ2n) is 3.78. The lowest BCUT2D eigenvalue weighted by atomic mass is 10.0. The van der Waals surface area contributed by atoms with E-state index in [0.29, 0.717) is 26.9 Å². The van der Waals surface area contributed by atoms with Crippen molar-refractivity contribution in [3.63, 3.8) is 0 Å². The molecule has 2 aromatic carbocycles. The highest BCUT2D eigenvalue weighted by molar-refractivity contribution is 6.39. The number of rotatable bonds is 3. The van der Waals surface area contributed by atoms with E-state index in [1.807, 2.05) is 0 Å². The summed E-state index contributed by atoms with van der Waals surface area (Å²) < 4.78 is 5.04. The first-order chi connectivity index (χ1) is 9.04. The van der Waals surface area contributed by atoms with Crippen LogP contribution in [-0.2, 0) is 0 Å². The van der Waals surface area contributed by atoms with Crippen LogP contribution in [0.3, 0.4) is 0 Å². The molecule has 0 fully saturated rings. The van der Waals surface area contributed by atoms with E-state index in [-0.39, 0.29) is 10.8 Å². The number of hydrogen-bond acceptors (Lipinski definition) is 2. The molecule has 2 rings (SSSR count). The highest BCUT2D eigenvalue weighted by Gasteiger charge is 2.18. The van der Waals surface area contributed by atoms with Gasteiger partial charge in [0.2, 0.25) is 0 Å². The maximum atomic E-state index is 12.4. The molecule has 2 aromatic rings. The number of carbonyl (C=O) groups excluding carboxylic acids is 1. The molecule has 0 atom stereocenters. The zero-order valence-electron chi connectivity index (χ0n) is 9.91. The summed E-state index contributed by atoms with van der Waals surface area (Å²) in [4.78, 5) is 12.4. The molecule has 0 spiro atoms. The van der Waals surface area contributed by atoms with E-state index in [9.17, 15) is 4.79 Å². The molecule has 0 bridgehead atoms. The molecule has 98 valence electrons. The topological polar surface area (TPSA) is 26.3 Å². The summed E-state index contributed by atoms with van der Waals surface area (Å²) in [7, 11) is 1.48. The summed E-state index contributed by atoms with van der Waals surface area (Å²) in [6.45, 7) is 0. The summed E-state index contributed by atoms with van der Waals surface area (Å²) in [5.74, 6) is 0.141. The first-order valence-electron chi connectivity index (χ1n) is 5.37. The van der Waals surface area contributed by atoms with Crippen LogP contribution in [0.1, 0.15) is 15.9 Å². The van der Waals surface area contributed by atoms with E-state index in [0.717, 1.165) is 0 Å². The van der Waals surface area contributed by atoms with Crippen molar-refractivity contribution in [3.05, 3.63) is 62.6 Å². The molecule has 0 aliphatic rings. The van der Waals surface area contributed by atoms with Crippen molar-refractivity contribution < 1.29 is 9.53 Å². The van der Waals surface area contributed by atoms with Crippen LogP contribution in [0.15, 0.2) is 36.4 Å². The van der Waals surface area contributed by atoms with Gasteiger partial charge in [-0.2, -0.15) is 0 Å². The van der Waals surface area contributed by atoms with Gasteiger partial charge >= 0.3 is 0 Å². The number of halogens is 3. The smallest absolute Gasteiger partial charge is 0.196 e. The van der Waals surface area contributed by atoms with Crippen LogP contribution in [0.5, 0.6) is 5.75 Å². The zero-order chi connectivity index (χ0) is 14.0. The number of ether oxygens (including phenoxy) is 1. The van der Waals surface area contributed by atoms with E-state index in [1.54, 1.807) is 24.3 Å². The molecule has 0 radical (unpaired) electrons. The van der Waals surface area contributed by atoms with Crippen LogP contribution in [0.25, 0.3) is 0 Å². The van der Waals surface area contributed by atoms with Crippen molar-refractivity contribution in [1.82, 2.24) is 0 Å². The Labute approximate surface area is 125 Å². The molecule has 19 heavy (non-hydrogen) atoms. The average Bonchev–Trinajstić information content (AvgIpc) is 2.40. The van der Waals surface area contributed by atoms with Gasteiger partial charge in [-0.25, -0.2) is 0 Å². The van der Waals surface area contributed by atoms with E-state index in [2.05, 4.69) is 0 Å². The summed E-state index contributed by atoms with van der Waals surface area (Å²) in [5.41, 5.74) is 0.674. The molecule has 5 heteroatoms. The Balaban J connectivity index is 2.51. The highest BCUT2D eigenvalue weighted by atomic mass is 35.5. The quantitative estimate of drug-likeness (QED) is 0.754. The molecule has 0 unspecified atom stereocenters. The predicted octanol–water partition coefficient (Wildman–Crippen LogP) is 4.89. The van der Waals surface area contributed by atoms with Crippen molar-refractivity contribution >= 4 is 40.6 Å². The van der Waals surface area contributed by atoms with Gasteiger partial charge in [0, 0.05) is 17.2 Å². The Morgan fingerprint density at radius 3 is 2.26 bits per heavy atom. The molecule has 0 N–H and O–H groups in total. The second kappa shape index (κ2) is 5.83. The van der Waals surface area contributed by atoms with Crippen molar-refractivity contribution in [2.75, 3.05) is 7.11 Å². The fraction of sp³-hybridized carbons (Fsp3) is 0.0714. The fourth-order valence-electron chi connectivity index (χ4n) is 1.65. The van der Waals surface area contributed by atoms with Gasteiger partial charge in [-0.05, 0) is 18.2 Å². The van der Waals surface area contributed by atoms with Gasteiger partial charge in [-0.3, -0.25) is 4.79 Å². The van der Waals surface area contributed by atoms with E-state index >= 15 is 0 Å². The minimum atomic E-state index is -0.278. The number of methoxy groups -OCH3 is 1. The zero-order valence-corrected chi connectivity index (χ0v) is 12.2. The minimum absolute atomic E-state index is 0.270. The molecule has 0 saturated carbocycles. The van der Waals surface area contributed by atoms with Crippen molar-refractivity contribution in [2.45, 2.75) is 0 Å². The molecular formula is C14H9Cl3O2. The number of carbonyl (C=O) groups is 1. The summed E-state index contributed by atoms with van der Waals surface area (Å²) in [6.07, 6.45) is 0. The molecule has 0 aliphatic heterocycles. The lowest BCUT2D eigenvalue weighted by molar-refractivity contribution is 0.103. The van der Waals surface area contributed by atoms with E-state index < -0.39 is 0 Å².